The highest BCUT2D eigenvalue weighted by molar-refractivity contribution is 5.81. The van der Waals surface area contributed by atoms with Crippen LogP contribution in [-0.4, -0.2) is 28.8 Å². The van der Waals surface area contributed by atoms with Gasteiger partial charge in [0.15, 0.2) is 0 Å². The van der Waals surface area contributed by atoms with E-state index in [2.05, 4.69) is 27.4 Å². The molecule has 128 valence electrons. The first-order valence-corrected chi connectivity index (χ1v) is 8.40. The number of hydrogen-bond acceptors (Lipinski definition) is 4. The van der Waals surface area contributed by atoms with E-state index in [0.717, 1.165) is 24.4 Å². The topological polar surface area (TPSA) is 63.3 Å². The van der Waals surface area contributed by atoms with Crippen LogP contribution in [0.25, 0.3) is 0 Å². The second-order valence-electron chi connectivity index (χ2n) is 6.21. The number of carbonyl (C=O) groups excluding carboxylic acids is 1. The summed E-state index contributed by atoms with van der Waals surface area (Å²) in [4.78, 5) is 14.5. The summed E-state index contributed by atoms with van der Waals surface area (Å²) in [5.74, 6) is 0.731. The third kappa shape index (κ3) is 3.42. The lowest BCUT2D eigenvalue weighted by Gasteiger charge is -2.35. The summed E-state index contributed by atoms with van der Waals surface area (Å²) in [6.07, 6.45) is 6.30. The Bertz CT molecular complexity index is 827. The molecule has 0 fully saturated rings. The quantitative estimate of drug-likeness (QED) is 0.777. The maximum atomic E-state index is 12.4. The lowest BCUT2D eigenvalue weighted by atomic mass is 9.98. The monoisotopic (exact) mass is 336 g/mol. The van der Waals surface area contributed by atoms with Crippen molar-refractivity contribution in [2.24, 2.45) is 0 Å². The van der Waals surface area contributed by atoms with Crippen LogP contribution in [0.1, 0.15) is 17.4 Å². The number of aromatic nitrogens is 2. The molecule has 4 rings (SSSR count). The van der Waals surface area contributed by atoms with E-state index in [-0.39, 0.29) is 11.9 Å². The number of anilines is 1. The SMILES string of the molecule is O=C(CN1C[C@H](n2cccn2)Cc2ccccc21)NCc1ccco1. The van der Waals surface area contributed by atoms with Crippen molar-refractivity contribution in [3.8, 4) is 0 Å². The Hall–Kier alpha value is -3.02. The molecule has 3 heterocycles. The zero-order valence-electron chi connectivity index (χ0n) is 13.8. The number of amides is 1. The summed E-state index contributed by atoms with van der Waals surface area (Å²) in [5.41, 5.74) is 2.37. The summed E-state index contributed by atoms with van der Waals surface area (Å²) >= 11 is 0. The summed E-state index contributed by atoms with van der Waals surface area (Å²) in [7, 11) is 0. The Balaban J connectivity index is 1.48. The molecule has 0 spiro atoms. The second kappa shape index (κ2) is 6.84. The van der Waals surface area contributed by atoms with E-state index in [9.17, 15) is 4.79 Å². The fourth-order valence-corrected chi connectivity index (χ4v) is 3.31. The molecule has 6 nitrogen and oxygen atoms in total. The first kappa shape index (κ1) is 15.5. The standard InChI is InChI=1S/C19H20N4O2/c24-19(20-12-17-6-3-10-25-17)14-22-13-16(23-9-4-8-21-23)11-15-5-1-2-7-18(15)22/h1-10,16H,11-14H2,(H,20,24)/t16-/m1/s1. The van der Waals surface area contributed by atoms with E-state index < -0.39 is 0 Å². The van der Waals surface area contributed by atoms with Crippen LogP contribution in [0.3, 0.4) is 0 Å². The van der Waals surface area contributed by atoms with Crippen molar-refractivity contribution in [2.75, 3.05) is 18.0 Å². The lowest BCUT2D eigenvalue weighted by molar-refractivity contribution is -0.120. The molecule has 0 aliphatic carbocycles. The van der Waals surface area contributed by atoms with Gasteiger partial charge in [-0.15, -0.1) is 0 Å². The van der Waals surface area contributed by atoms with E-state index in [1.165, 1.54) is 5.56 Å². The Morgan fingerprint density at radius 3 is 2.96 bits per heavy atom. The highest BCUT2D eigenvalue weighted by atomic mass is 16.3. The molecule has 0 saturated heterocycles. The van der Waals surface area contributed by atoms with Gasteiger partial charge in [-0.1, -0.05) is 18.2 Å². The van der Waals surface area contributed by atoms with E-state index in [1.54, 1.807) is 12.5 Å². The molecule has 0 bridgehead atoms. The Labute approximate surface area is 146 Å². The van der Waals surface area contributed by atoms with Gasteiger partial charge in [-0.05, 0) is 36.2 Å². The van der Waals surface area contributed by atoms with Gasteiger partial charge in [0.25, 0.3) is 0 Å². The van der Waals surface area contributed by atoms with Crippen molar-refractivity contribution in [3.63, 3.8) is 0 Å². The molecule has 1 N–H and O–H groups in total. The van der Waals surface area contributed by atoms with E-state index in [1.807, 2.05) is 41.2 Å². The smallest absolute Gasteiger partial charge is 0.239 e. The van der Waals surface area contributed by atoms with Gasteiger partial charge in [0.1, 0.15) is 5.76 Å². The molecule has 0 radical (unpaired) electrons. The van der Waals surface area contributed by atoms with Gasteiger partial charge in [0.2, 0.25) is 5.91 Å². The summed E-state index contributed by atoms with van der Waals surface area (Å²) in [6, 6.07) is 14.1. The highest BCUT2D eigenvalue weighted by Gasteiger charge is 2.26. The maximum absolute atomic E-state index is 12.4. The fourth-order valence-electron chi connectivity index (χ4n) is 3.31. The predicted molar refractivity (Wildman–Crippen MR) is 94.2 cm³/mol. The minimum Gasteiger partial charge on any atom is -0.467 e. The van der Waals surface area contributed by atoms with Crippen LogP contribution in [0.4, 0.5) is 5.69 Å². The number of rotatable bonds is 5. The molecule has 1 aromatic carbocycles. The van der Waals surface area contributed by atoms with Crippen LogP contribution < -0.4 is 10.2 Å². The minimum absolute atomic E-state index is 0.0210. The van der Waals surface area contributed by atoms with Crippen LogP contribution in [0.15, 0.2) is 65.5 Å². The largest absolute Gasteiger partial charge is 0.467 e. The Kier molecular flexibility index (Phi) is 4.24. The summed E-state index contributed by atoms with van der Waals surface area (Å²) in [5, 5.41) is 7.29. The van der Waals surface area contributed by atoms with Gasteiger partial charge in [-0.2, -0.15) is 5.10 Å². The molecule has 1 aliphatic heterocycles. The zero-order chi connectivity index (χ0) is 17.1. The molecule has 6 heteroatoms. The lowest BCUT2D eigenvalue weighted by Crippen LogP contribution is -2.43. The first-order chi connectivity index (χ1) is 12.3. The van der Waals surface area contributed by atoms with Crippen molar-refractivity contribution < 1.29 is 9.21 Å². The fraction of sp³-hybridized carbons (Fsp3) is 0.263. The average molecular weight is 336 g/mol. The van der Waals surface area contributed by atoms with Crippen molar-refractivity contribution in [3.05, 3.63) is 72.4 Å². The van der Waals surface area contributed by atoms with Crippen molar-refractivity contribution in [1.29, 1.82) is 0 Å². The molecule has 3 aromatic rings. The van der Waals surface area contributed by atoms with E-state index in [0.29, 0.717) is 13.1 Å². The zero-order valence-corrected chi connectivity index (χ0v) is 13.8. The van der Waals surface area contributed by atoms with Gasteiger partial charge < -0.3 is 14.6 Å². The van der Waals surface area contributed by atoms with Gasteiger partial charge in [0.05, 0.1) is 25.4 Å². The predicted octanol–water partition coefficient (Wildman–Crippen LogP) is 2.40. The van der Waals surface area contributed by atoms with Crippen molar-refractivity contribution in [1.82, 2.24) is 15.1 Å². The molecule has 2 aromatic heterocycles. The van der Waals surface area contributed by atoms with Crippen LogP contribution in [-0.2, 0) is 17.8 Å². The van der Waals surface area contributed by atoms with Gasteiger partial charge >= 0.3 is 0 Å². The van der Waals surface area contributed by atoms with E-state index in [4.69, 9.17) is 4.42 Å². The molecule has 0 saturated carbocycles. The third-order valence-electron chi connectivity index (χ3n) is 4.49. The van der Waals surface area contributed by atoms with Gasteiger partial charge in [-0.3, -0.25) is 9.48 Å². The van der Waals surface area contributed by atoms with Crippen LogP contribution in [0, 0.1) is 0 Å². The molecule has 1 aliphatic rings. The summed E-state index contributed by atoms with van der Waals surface area (Å²) in [6.45, 7) is 1.48. The normalized spacial score (nSPS) is 16.5. The van der Waals surface area contributed by atoms with Gasteiger partial charge in [0, 0.05) is 24.6 Å². The van der Waals surface area contributed by atoms with E-state index >= 15 is 0 Å². The number of nitrogens with one attached hydrogen (secondary N) is 1. The number of fused-ring (bicyclic) bond motifs is 1. The number of hydrogen-bond donors (Lipinski definition) is 1. The van der Waals surface area contributed by atoms with Crippen LogP contribution in [0.2, 0.25) is 0 Å². The number of para-hydroxylation sites is 1. The molecular formula is C19H20N4O2. The Morgan fingerprint density at radius 2 is 2.16 bits per heavy atom. The average Bonchev–Trinajstić information content (AvgIpc) is 3.33. The van der Waals surface area contributed by atoms with Crippen LogP contribution in [0.5, 0.6) is 0 Å². The first-order valence-electron chi connectivity index (χ1n) is 8.40. The number of benzene rings is 1. The molecule has 0 unspecified atom stereocenters. The molecule has 1 amide bonds. The van der Waals surface area contributed by atoms with Crippen molar-refractivity contribution in [2.45, 2.75) is 19.0 Å². The highest BCUT2D eigenvalue weighted by Crippen LogP contribution is 2.31. The van der Waals surface area contributed by atoms with Crippen LogP contribution >= 0.6 is 0 Å². The minimum atomic E-state index is -0.0210. The Morgan fingerprint density at radius 1 is 1.24 bits per heavy atom. The molecule has 25 heavy (non-hydrogen) atoms. The summed E-state index contributed by atoms with van der Waals surface area (Å²) < 4.78 is 7.23. The number of furan rings is 1. The van der Waals surface area contributed by atoms with Crippen molar-refractivity contribution >= 4 is 11.6 Å². The number of carbonyl (C=O) groups is 1. The molecule has 1 atom stereocenters. The third-order valence-corrected chi connectivity index (χ3v) is 4.49. The number of nitrogens with zero attached hydrogens (tertiary/aromatic N) is 3. The van der Waals surface area contributed by atoms with Gasteiger partial charge in [-0.25, -0.2) is 0 Å². The second-order valence-corrected chi connectivity index (χ2v) is 6.21. The maximum Gasteiger partial charge on any atom is 0.239 e. The molecular weight excluding hydrogens is 316 g/mol.